The number of hydrogen-bond donors (Lipinski definition) is 0. The fourth-order valence-corrected chi connectivity index (χ4v) is 24.0. The Bertz CT molecular complexity index is 3320. The quantitative estimate of drug-likeness (QED) is 0.256. The number of ether oxygens (including phenoxy) is 1. The zero-order valence-electron chi connectivity index (χ0n) is 91.5. The minimum atomic E-state index is 0.185. The highest BCUT2D eigenvalue weighted by atomic mass is 16.5. The Hall–Kier alpha value is -2.50. The molecule has 2 bridgehead atoms. The maximum absolute atomic E-state index is 6.29. The summed E-state index contributed by atoms with van der Waals surface area (Å²) >= 11 is 0. The molecule has 9 heterocycles. The second-order valence-electron chi connectivity index (χ2n) is 57.7. The Balaban J connectivity index is 0.000000218. The van der Waals surface area contributed by atoms with Crippen LogP contribution in [0.3, 0.4) is 0 Å². The molecule has 10 unspecified atom stereocenters. The normalized spacial score (nSPS) is 28.0. The summed E-state index contributed by atoms with van der Waals surface area (Å²) in [6.45, 7) is 119. The van der Waals surface area contributed by atoms with Crippen molar-refractivity contribution in [2.75, 3.05) is 31.1 Å². The van der Waals surface area contributed by atoms with Gasteiger partial charge in [0.05, 0.1) is 5.60 Å². The van der Waals surface area contributed by atoms with Gasteiger partial charge in [0.1, 0.15) is 6.23 Å². The van der Waals surface area contributed by atoms with Crippen LogP contribution in [0.15, 0.2) is 60.8 Å². The Labute approximate surface area is 768 Å². The fraction of sp³-hybridized carbons (Fsp3) is 0.877. The molecule has 3 aliphatic carbocycles. The topological polar surface area (TPSA) is 35.2 Å². The largest absolute Gasteiger partial charge is 0.369 e. The number of rotatable bonds is 0. The third-order valence-electron chi connectivity index (χ3n) is 29.8. The summed E-state index contributed by atoms with van der Waals surface area (Å²) in [6, 6.07) is 23.5. The molecule has 0 N–H and O–H groups in total. The number of anilines is 1. The van der Waals surface area contributed by atoms with Crippen LogP contribution in [-0.2, 0) is 17.7 Å². The highest BCUT2D eigenvalue weighted by Crippen LogP contribution is 2.55. The van der Waals surface area contributed by atoms with Crippen LogP contribution in [-0.4, -0.2) is 159 Å². The van der Waals surface area contributed by atoms with Crippen LogP contribution in [0.4, 0.5) is 5.69 Å². The lowest BCUT2D eigenvalue weighted by atomic mass is 9.65. The Kier molecular flexibility index (Phi) is 35.3. The molecule has 2 aromatic rings. The molecule has 123 heavy (non-hydrogen) atoms. The van der Waals surface area contributed by atoms with Crippen molar-refractivity contribution in [2.24, 2.45) is 61.1 Å². The first-order chi connectivity index (χ1) is 55.2. The van der Waals surface area contributed by atoms with Crippen LogP contribution >= 0.6 is 0 Å². The molecule has 9 aliphatic heterocycles. The number of fused-ring (bicyclic) bond motifs is 6. The van der Waals surface area contributed by atoms with Crippen molar-refractivity contribution in [1.29, 1.82) is 0 Å². The van der Waals surface area contributed by atoms with E-state index in [1.807, 2.05) is 0 Å². The number of benzene rings is 2. The maximum atomic E-state index is 6.29. The van der Waals surface area contributed by atoms with Crippen molar-refractivity contribution in [3.05, 3.63) is 77.5 Å². The van der Waals surface area contributed by atoms with Crippen LogP contribution in [0.5, 0.6) is 0 Å². The second-order valence-corrected chi connectivity index (χ2v) is 57.7. The van der Waals surface area contributed by atoms with Gasteiger partial charge in [-0.15, -0.1) is 0 Å². The monoisotopic (exact) mass is 1710 g/mol. The molecule has 10 atom stereocenters. The minimum Gasteiger partial charge on any atom is -0.369 e. The van der Waals surface area contributed by atoms with Crippen molar-refractivity contribution in [1.82, 2.24) is 34.3 Å². The molecule has 9 heteroatoms. The Morgan fingerprint density at radius 1 is 0.333 bits per heavy atom. The Morgan fingerprint density at radius 2 is 0.756 bits per heavy atom. The van der Waals surface area contributed by atoms with E-state index in [4.69, 9.17) is 4.74 Å². The van der Waals surface area contributed by atoms with E-state index < -0.39 is 0 Å². The fourth-order valence-electron chi connectivity index (χ4n) is 24.0. The molecule has 12 aliphatic rings. The minimum absolute atomic E-state index is 0.185. The summed E-state index contributed by atoms with van der Waals surface area (Å²) in [5.41, 5.74) is 11.2. The van der Waals surface area contributed by atoms with E-state index >= 15 is 0 Å². The number of piperidine rings is 4. The molecule has 1 spiro atoms. The van der Waals surface area contributed by atoms with E-state index in [2.05, 4.69) is 432 Å². The van der Waals surface area contributed by atoms with Gasteiger partial charge in [-0.2, -0.15) is 0 Å². The molecular weight excluding hydrogens is 1500 g/mol. The van der Waals surface area contributed by atoms with Crippen LogP contribution in [0.2, 0.25) is 0 Å². The number of nitrogens with zero attached hydrogens (tertiary/aromatic N) is 8. The van der Waals surface area contributed by atoms with Crippen molar-refractivity contribution in [3.8, 4) is 0 Å². The highest BCUT2D eigenvalue weighted by Gasteiger charge is 2.59. The van der Waals surface area contributed by atoms with Crippen molar-refractivity contribution in [3.63, 3.8) is 0 Å². The van der Waals surface area contributed by atoms with Crippen LogP contribution in [0, 0.1) is 61.1 Å². The van der Waals surface area contributed by atoms with Gasteiger partial charge in [0.2, 0.25) is 0 Å². The van der Waals surface area contributed by atoms with Gasteiger partial charge in [0.25, 0.3) is 0 Å². The average molecular weight is 1710 g/mol. The van der Waals surface area contributed by atoms with Gasteiger partial charge in [-0.25, -0.2) is 0 Å². The molecule has 9 fully saturated rings. The maximum Gasteiger partial charge on any atom is 0.116 e. The molecule has 0 radical (unpaired) electrons. The van der Waals surface area contributed by atoms with Crippen LogP contribution < -0.4 is 4.90 Å². The summed E-state index contributed by atoms with van der Waals surface area (Å²) in [4.78, 5) is 21.4. The van der Waals surface area contributed by atoms with E-state index in [1.54, 1.807) is 0 Å². The lowest BCUT2D eigenvalue weighted by molar-refractivity contribution is -0.109. The molecule has 9 nitrogen and oxygen atoms in total. The number of para-hydroxylation sites is 1. The summed E-state index contributed by atoms with van der Waals surface area (Å²) in [5, 5.41) is 0. The molecule has 3 saturated carbocycles. The third kappa shape index (κ3) is 29.7. The first kappa shape index (κ1) is 109. The summed E-state index contributed by atoms with van der Waals surface area (Å²) in [6.07, 6.45) is 29.7. The molecule has 2 aromatic carbocycles. The van der Waals surface area contributed by atoms with Crippen LogP contribution in [0.25, 0.3) is 0 Å². The smallest absolute Gasteiger partial charge is 0.116 e. The van der Waals surface area contributed by atoms with E-state index in [1.165, 1.54) is 158 Å². The van der Waals surface area contributed by atoms with Gasteiger partial charge < -0.3 is 14.5 Å². The first-order valence-corrected chi connectivity index (χ1v) is 50.9. The first-order valence-electron chi connectivity index (χ1n) is 50.9. The van der Waals surface area contributed by atoms with Crippen molar-refractivity contribution < 1.29 is 4.74 Å². The standard InChI is InChI=1S/C16H31N.2C16H25N.C15H29N.C13H25NO.2C13H27N.C12H23N/c2*1-15(2,3)14-13-10-8-7-9-12(13)11-17(14)16(4,5)6;1-15(2,3)14-11-12-9-7-8-10-13(12)17(14)16(4,5)6;1-14(2,3)13-11-7-9-12(10-8-11)16(13)15(4,5)6;1-11(2,3)10-14(12(4,5)6)9-13(15-10)7-8-13;2*1-12(2,3)11-9-7-8-10-14(11)13(4,5)6;1-11(2,3)10-8-7-9-13(10)12(4,5)6/h12-14H,7-11H2,1-6H3;2*7-10,14H,11H2,1-6H3;11-13H,7-10H2,1-6H3;10H,7-9H2,1-6H3;2*11H,7-10H2,1-6H3;7,9-10H,8H2,1-6H3. The van der Waals surface area contributed by atoms with Gasteiger partial charge in [0.15, 0.2) is 0 Å². The lowest BCUT2D eigenvalue weighted by Crippen LogP contribution is -2.65. The van der Waals surface area contributed by atoms with Crippen LogP contribution in [0.1, 0.15) is 464 Å². The number of hydrogen-bond acceptors (Lipinski definition) is 9. The lowest BCUT2D eigenvalue weighted by Gasteiger charge is -2.60. The van der Waals surface area contributed by atoms with Gasteiger partial charge in [-0.05, 0) is 354 Å². The molecular formula is C114H212N8O. The molecule has 714 valence electrons. The zero-order valence-corrected chi connectivity index (χ0v) is 91.5. The van der Waals surface area contributed by atoms with E-state index in [0.29, 0.717) is 72.8 Å². The predicted octanol–water partition coefficient (Wildman–Crippen LogP) is 30.9. The average Bonchev–Trinajstić information content (AvgIpc) is 1.70. The summed E-state index contributed by atoms with van der Waals surface area (Å²) < 4.78 is 6.29. The molecule has 0 aromatic heterocycles. The third-order valence-corrected chi connectivity index (χ3v) is 29.8. The molecule has 6 saturated heterocycles. The van der Waals surface area contributed by atoms with Gasteiger partial charge in [-0.3, -0.25) is 29.4 Å². The zero-order chi connectivity index (χ0) is 94.4. The molecule has 0 amide bonds. The van der Waals surface area contributed by atoms with Crippen molar-refractivity contribution >= 4 is 5.69 Å². The second kappa shape index (κ2) is 39.7. The van der Waals surface area contributed by atoms with E-state index in [9.17, 15) is 0 Å². The SMILES string of the molecule is CC(C)(C)C1C2CCC(CC2)N1C(C)(C)C.CC(C)(C)C1C2CCCCC2CN1C(C)(C)C.CC(C)(C)C1CC=CN1C(C)(C)C.CC(C)(C)C1CCCCN1C(C)(C)C.CC(C)(C)C1CCCCN1C(C)(C)C.CC(C)(C)C1Cc2ccccc2N1C(C)(C)C.CC(C)(C)C1OC2(CC2)CN1C(C)(C)C.CC(C)(C)C1c2ccccc2CN1C(C)(C)C. The summed E-state index contributed by atoms with van der Waals surface area (Å²) in [5.74, 6) is 2.89. The number of likely N-dealkylation sites (tertiary alicyclic amines) is 3. The van der Waals surface area contributed by atoms with Gasteiger partial charge >= 0.3 is 0 Å². The summed E-state index contributed by atoms with van der Waals surface area (Å²) in [7, 11) is 0. The Morgan fingerprint density at radius 3 is 1.11 bits per heavy atom. The van der Waals surface area contributed by atoms with Crippen molar-refractivity contribution in [2.45, 2.75) is 559 Å². The molecule has 14 rings (SSSR count). The predicted molar refractivity (Wildman–Crippen MR) is 544 cm³/mol. The highest BCUT2D eigenvalue weighted by molar-refractivity contribution is 5.61. The van der Waals surface area contributed by atoms with E-state index in [0.717, 1.165) is 61.1 Å². The van der Waals surface area contributed by atoms with E-state index in [-0.39, 0.29) is 44.8 Å². The van der Waals surface area contributed by atoms with Gasteiger partial charge in [0, 0.05) is 123 Å². The van der Waals surface area contributed by atoms with Gasteiger partial charge in [-0.1, -0.05) is 240 Å².